The summed E-state index contributed by atoms with van der Waals surface area (Å²) in [4.78, 5) is 21.4. The predicted molar refractivity (Wildman–Crippen MR) is 126 cm³/mol. The fourth-order valence-electron chi connectivity index (χ4n) is 5.11. The molecule has 2 fully saturated rings. The molecule has 6 nitrogen and oxygen atoms in total. The van der Waals surface area contributed by atoms with Crippen molar-refractivity contribution < 1.29 is 9.53 Å². The van der Waals surface area contributed by atoms with Gasteiger partial charge in [-0.25, -0.2) is 9.78 Å². The Labute approximate surface area is 188 Å². The predicted octanol–water partition coefficient (Wildman–Crippen LogP) is 6.13. The SMILES string of the molecule is Cc1cc(Oc2ccc(NC(=O)NC3CC3C3CCCCC3)c3ccccc23)nc(C)n1. The molecule has 0 spiro atoms. The van der Waals surface area contributed by atoms with Gasteiger partial charge in [0.05, 0.1) is 5.69 Å². The highest BCUT2D eigenvalue weighted by Gasteiger charge is 2.43. The third-order valence-corrected chi connectivity index (χ3v) is 6.70. The smallest absolute Gasteiger partial charge is 0.319 e. The maximum absolute atomic E-state index is 12.7. The number of nitrogens with zero attached hydrogens (tertiary/aromatic N) is 2. The molecule has 2 atom stereocenters. The van der Waals surface area contributed by atoms with Gasteiger partial charge < -0.3 is 15.4 Å². The van der Waals surface area contributed by atoms with Crippen molar-refractivity contribution in [3.05, 3.63) is 54.0 Å². The third-order valence-electron chi connectivity index (χ3n) is 6.70. The van der Waals surface area contributed by atoms with Gasteiger partial charge >= 0.3 is 6.03 Å². The Morgan fingerprint density at radius 2 is 1.78 bits per heavy atom. The number of urea groups is 1. The molecule has 2 amide bonds. The van der Waals surface area contributed by atoms with E-state index < -0.39 is 0 Å². The standard InChI is InChI=1S/C26H30N4O2/c1-16-14-25(28-17(2)27-16)32-24-13-12-22(19-10-6-7-11-20(19)24)29-26(31)30-23-15-21(23)18-8-4-3-5-9-18/h6-7,10-14,18,21,23H,3-5,8-9,15H2,1-2H3,(H2,29,30,31). The lowest BCUT2D eigenvalue weighted by atomic mass is 9.85. The number of benzene rings is 2. The van der Waals surface area contributed by atoms with Crippen LogP contribution in [0.2, 0.25) is 0 Å². The zero-order chi connectivity index (χ0) is 22.1. The molecule has 2 aromatic carbocycles. The molecular formula is C26H30N4O2. The van der Waals surface area contributed by atoms with E-state index >= 15 is 0 Å². The minimum absolute atomic E-state index is 0.130. The van der Waals surface area contributed by atoms with Gasteiger partial charge in [-0.1, -0.05) is 56.4 Å². The number of rotatable bonds is 5. The number of hydrogen-bond donors (Lipinski definition) is 2. The molecule has 2 saturated carbocycles. The number of carbonyl (C=O) groups is 1. The Balaban J connectivity index is 1.30. The first-order valence-electron chi connectivity index (χ1n) is 11.7. The Bertz CT molecular complexity index is 1120. The quantitative estimate of drug-likeness (QED) is 0.510. The van der Waals surface area contributed by atoms with E-state index in [-0.39, 0.29) is 6.03 Å². The van der Waals surface area contributed by atoms with Crippen molar-refractivity contribution in [1.29, 1.82) is 0 Å². The summed E-state index contributed by atoms with van der Waals surface area (Å²) in [7, 11) is 0. The third kappa shape index (κ3) is 4.54. The highest BCUT2D eigenvalue weighted by Crippen LogP contribution is 2.44. The van der Waals surface area contributed by atoms with Crippen molar-refractivity contribution in [3.8, 4) is 11.6 Å². The van der Waals surface area contributed by atoms with Crippen molar-refractivity contribution in [2.24, 2.45) is 11.8 Å². The molecule has 1 aromatic heterocycles. The highest BCUT2D eigenvalue weighted by atomic mass is 16.5. The molecule has 2 aliphatic carbocycles. The molecule has 2 unspecified atom stereocenters. The maximum Gasteiger partial charge on any atom is 0.319 e. The van der Waals surface area contributed by atoms with Crippen molar-refractivity contribution in [3.63, 3.8) is 0 Å². The monoisotopic (exact) mass is 430 g/mol. The molecule has 0 aliphatic heterocycles. The van der Waals surface area contributed by atoms with Crippen LogP contribution in [0.5, 0.6) is 11.6 Å². The molecule has 1 heterocycles. The van der Waals surface area contributed by atoms with Crippen LogP contribution in [-0.2, 0) is 0 Å². The molecule has 0 radical (unpaired) electrons. The molecular weight excluding hydrogens is 400 g/mol. The molecule has 32 heavy (non-hydrogen) atoms. The first-order chi connectivity index (χ1) is 15.6. The number of amides is 2. The maximum atomic E-state index is 12.7. The Morgan fingerprint density at radius 3 is 2.56 bits per heavy atom. The number of hydrogen-bond acceptors (Lipinski definition) is 4. The van der Waals surface area contributed by atoms with E-state index in [1.165, 1.54) is 32.1 Å². The summed E-state index contributed by atoms with van der Waals surface area (Å²) in [6, 6.07) is 13.7. The van der Waals surface area contributed by atoms with Crippen LogP contribution in [0.15, 0.2) is 42.5 Å². The van der Waals surface area contributed by atoms with Crippen molar-refractivity contribution >= 4 is 22.5 Å². The van der Waals surface area contributed by atoms with Crippen LogP contribution >= 0.6 is 0 Å². The van der Waals surface area contributed by atoms with Crippen molar-refractivity contribution in [2.75, 3.05) is 5.32 Å². The summed E-state index contributed by atoms with van der Waals surface area (Å²) in [5, 5.41) is 8.10. The van der Waals surface area contributed by atoms with E-state index in [9.17, 15) is 4.79 Å². The van der Waals surface area contributed by atoms with Crippen molar-refractivity contribution in [1.82, 2.24) is 15.3 Å². The van der Waals surface area contributed by atoms with E-state index in [0.717, 1.165) is 34.5 Å². The number of fused-ring (bicyclic) bond motifs is 1. The largest absolute Gasteiger partial charge is 0.438 e. The molecule has 2 N–H and O–H groups in total. The lowest BCUT2D eigenvalue weighted by Crippen LogP contribution is -2.32. The van der Waals surface area contributed by atoms with Gasteiger partial charge in [0.1, 0.15) is 11.6 Å². The van der Waals surface area contributed by atoms with Gasteiger partial charge in [-0.05, 0) is 44.2 Å². The fourth-order valence-corrected chi connectivity index (χ4v) is 5.11. The van der Waals surface area contributed by atoms with Crippen LogP contribution in [0.25, 0.3) is 10.8 Å². The average molecular weight is 431 g/mol. The Hall–Kier alpha value is -3.15. The minimum atomic E-state index is -0.130. The van der Waals surface area contributed by atoms with Gasteiger partial charge in [0.25, 0.3) is 0 Å². The number of ether oxygens (including phenoxy) is 1. The zero-order valence-corrected chi connectivity index (χ0v) is 18.7. The number of nitrogens with one attached hydrogen (secondary N) is 2. The summed E-state index contributed by atoms with van der Waals surface area (Å²) in [5.74, 6) is 3.34. The summed E-state index contributed by atoms with van der Waals surface area (Å²) in [5.41, 5.74) is 1.63. The molecule has 0 saturated heterocycles. The summed E-state index contributed by atoms with van der Waals surface area (Å²) in [6.45, 7) is 3.77. The van der Waals surface area contributed by atoms with Crippen LogP contribution in [0.3, 0.4) is 0 Å². The minimum Gasteiger partial charge on any atom is -0.438 e. The average Bonchev–Trinajstić information content (AvgIpc) is 3.54. The normalized spacial score (nSPS) is 20.7. The van der Waals surface area contributed by atoms with E-state index in [4.69, 9.17) is 4.74 Å². The number of carbonyl (C=O) groups excluding carboxylic acids is 1. The van der Waals surface area contributed by atoms with E-state index in [1.54, 1.807) is 0 Å². The second kappa shape index (κ2) is 8.77. The number of aryl methyl sites for hydroxylation is 2. The summed E-state index contributed by atoms with van der Waals surface area (Å²) in [6.07, 6.45) is 7.81. The topological polar surface area (TPSA) is 76.1 Å². The molecule has 2 aliphatic rings. The highest BCUT2D eigenvalue weighted by molar-refractivity contribution is 6.04. The van der Waals surface area contributed by atoms with Crippen LogP contribution in [0.1, 0.15) is 50.0 Å². The Kier molecular flexibility index (Phi) is 5.68. The lowest BCUT2D eigenvalue weighted by Gasteiger charge is -2.21. The fraction of sp³-hybridized carbons (Fsp3) is 0.423. The summed E-state index contributed by atoms with van der Waals surface area (Å²) >= 11 is 0. The molecule has 166 valence electrons. The van der Waals surface area contributed by atoms with Crippen LogP contribution < -0.4 is 15.4 Å². The van der Waals surface area contributed by atoms with Crippen LogP contribution in [0, 0.1) is 25.7 Å². The van der Waals surface area contributed by atoms with Gasteiger partial charge in [-0.3, -0.25) is 0 Å². The van der Waals surface area contributed by atoms with Crippen LogP contribution in [0.4, 0.5) is 10.5 Å². The molecule has 0 bridgehead atoms. The Morgan fingerprint density at radius 1 is 1.00 bits per heavy atom. The first-order valence-corrected chi connectivity index (χ1v) is 11.7. The molecule has 3 aromatic rings. The second-order valence-corrected chi connectivity index (χ2v) is 9.16. The lowest BCUT2D eigenvalue weighted by molar-refractivity contribution is 0.249. The number of aromatic nitrogens is 2. The molecule has 6 heteroatoms. The van der Waals surface area contributed by atoms with E-state index in [2.05, 4.69) is 20.6 Å². The van der Waals surface area contributed by atoms with Gasteiger partial charge in [0, 0.05) is 28.6 Å². The van der Waals surface area contributed by atoms with Gasteiger partial charge in [-0.15, -0.1) is 0 Å². The molecule has 5 rings (SSSR count). The van der Waals surface area contributed by atoms with Gasteiger partial charge in [0.2, 0.25) is 5.88 Å². The summed E-state index contributed by atoms with van der Waals surface area (Å²) < 4.78 is 6.09. The van der Waals surface area contributed by atoms with E-state index in [0.29, 0.717) is 29.4 Å². The van der Waals surface area contributed by atoms with Crippen LogP contribution in [-0.4, -0.2) is 22.0 Å². The van der Waals surface area contributed by atoms with Gasteiger partial charge in [0.15, 0.2) is 0 Å². The zero-order valence-electron chi connectivity index (χ0n) is 18.7. The number of anilines is 1. The van der Waals surface area contributed by atoms with Crippen molar-refractivity contribution in [2.45, 2.75) is 58.4 Å². The van der Waals surface area contributed by atoms with Gasteiger partial charge in [-0.2, -0.15) is 4.98 Å². The second-order valence-electron chi connectivity index (χ2n) is 9.16. The van der Waals surface area contributed by atoms with E-state index in [1.807, 2.05) is 56.3 Å². The first kappa shape index (κ1) is 20.7.